The molecule has 0 amide bonds. The quantitative estimate of drug-likeness (QED) is 0.119. The minimum atomic E-state index is -0.218. The second-order valence-corrected chi connectivity index (χ2v) is 24.7. The van der Waals surface area contributed by atoms with Gasteiger partial charge in [0, 0.05) is 44.8 Å². The molecular formula is C68H75BN2. The van der Waals surface area contributed by atoms with Crippen LogP contribution in [0, 0.1) is 0 Å². The number of anilines is 5. The second-order valence-electron chi connectivity index (χ2n) is 24.7. The molecule has 0 saturated carbocycles. The summed E-state index contributed by atoms with van der Waals surface area (Å²) < 4.78 is 0. The topological polar surface area (TPSA) is 6.48 Å². The van der Waals surface area contributed by atoms with Crippen LogP contribution in [0.1, 0.15) is 178 Å². The van der Waals surface area contributed by atoms with Crippen molar-refractivity contribution >= 4 is 46.2 Å². The van der Waals surface area contributed by atoms with E-state index in [9.17, 15) is 0 Å². The first-order chi connectivity index (χ1) is 34.1. The van der Waals surface area contributed by atoms with Gasteiger partial charge in [0.05, 0.1) is 0 Å². The van der Waals surface area contributed by atoms with E-state index in [1.54, 1.807) is 11.1 Å². The van der Waals surface area contributed by atoms with Gasteiger partial charge in [0.15, 0.2) is 0 Å². The molecule has 0 fully saturated rings. The van der Waals surface area contributed by atoms with Crippen molar-refractivity contribution in [3.63, 3.8) is 0 Å². The van der Waals surface area contributed by atoms with Gasteiger partial charge in [0.2, 0.25) is 0 Å². The van der Waals surface area contributed by atoms with Gasteiger partial charge in [-0.15, -0.1) is 0 Å². The van der Waals surface area contributed by atoms with E-state index < -0.39 is 0 Å². The Morgan fingerprint density at radius 3 is 1.62 bits per heavy atom. The van der Waals surface area contributed by atoms with Gasteiger partial charge in [-0.25, -0.2) is 0 Å². The van der Waals surface area contributed by atoms with Gasteiger partial charge in [0.1, 0.15) is 0 Å². The number of benzene rings is 7. The standard InChI is InChI=1S/C68H75BN2/c1-12-15-20-43-25-30-46(31-26-43)70-59-34-29-45(22-17-14-3)37-58(59)69-64-61(70)41-51-48-23-18-19-24-53(48)68(10,11)63(51)62(64)52-39-54-50(40-60(52)71(69)47-32-27-44(28-33-47)21-16-13-2)49-38-56-57(42-55(49)67(54,8)9)66(6,7)36-35-65(56,4)5/h18-19,23-34,37-42H,12-17,20-22,35-36H2,1-11H3. The minimum Gasteiger partial charge on any atom is -0.376 e. The molecule has 2 nitrogen and oxygen atoms in total. The van der Waals surface area contributed by atoms with Crippen molar-refractivity contribution in [1.82, 2.24) is 0 Å². The highest BCUT2D eigenvalue weighted by Crippen LogP contribution is 2.61. The van der Waals surface area contributed by atoms with E-state index >= 15 is 0 Å². The van der Waals surface area contributed by atoms with E-state index in [4.69, 9.17) is 0 Å². The van der Waals surface area contributed by atoms with Crippen LogP contribution in [0.4, 0.5) is 28.4 Å². The molecule has 0 atom stereocenters. The van der Waals surface area contributed by atoms with Crippen LogP contribution >= 0.6 is 0 Å². The molecule has 0 unspecified atom stereocenters. The molecule has 0 saturated heterocycles. The molecule has 7 aromatic carbocycles. The van der Waals surface area contributed by atoms with Crippen LogP contribution in [0.3, 0.4) is 0 Å². The van der Waals surface area contributed by atoms with Gasteiger partial charge in [-0.1, -0.05) is 162 Å². The lowest BCUT2D eigenvalue weighted by Crippen LogP contribution is -2.62. The van der Waals surface area contributed by atoms with Crippen LogP contribution in [0.5, 0.6) is 0 Å². The average Bonchev–Trinajstić information content (AvgIpc) is 3.73. The zero-order valence-electron chi connectivity index (χ0n) is 44.8. The number of aryl methyl sites for hydroxylation is 3. The summed E-state index contributed by atoms with van der Waals surface area (Å²) in [6.45, 7) is 26.9. The SMILES string of the molecule is CCCCc1ccc(N2B3c4cc(CCCC)ccc4N(c4ccc(CCCC)cc4)c4cc5c(c(c43)-c3cc4c(cc32)-c2cc3c(cc2C4(C)C)C(C)(C)CCC3(C)C)C(C)(C)c2ccccc2-5)cc1. The first kappa shape index (κ1) is 46.3. The minimum absolute atomic E-state index is 0.0503. The average molecular weight is 931 g/mol. The number of unbranched alkanes of at least 4 members (excludes halogenated alkanes) is 3. The molecule has 71 heavy (non-hydrogen) atoms. The molecule has 0 radical (unpaired) electrons. The predicted molar refractivity (Wildman–Crippen MR) is 306 cm³/mol. The molecule has 2 heterocycles. The Bertz CT molecular complexity index is 3270. The van der Waals surface area contributed by atoms with Gasteiger partial charge in [-0.2, -0.15) is 0 Å². The fourth-order valence-electron chi connectivity index (χ4n) is 14.1. The Hall–Kier alpha value is -5.80. The van der Waals surface area contributed by atoms with Gasteiger partial charge >= 0.3 is 6.85 Å². The molecular weight excluding hydrogens is 856 g/mol. The number of hydrogen-bond acceptors (Lipinski definition) is 2. The van der Waals surface area contributed by atoms with Crippen molar-refractivity contribution in [2.75, 3.05) is 9.71 Å². The summed E-state index contributed by atoms with van der Waals surface area (Å²) in [5.74, 6) is 0. The fraction of sp³-hybridized carbons (Fsp3) is 0.382. The van der Waals surface area contributed by atoms with Crippen LogP contribution in [0.2, 0.25) is 0 Å². The maximum absolute atomic E-state index is 2.80. The van der Waals surface area contributed by atoms with Crippen LogP contribution in [-0.2, 0) is 40.9 Å². The van der Waals surface area contributed by atoms with Crippen LogP contribution in [0.25, 0.3) is 33.4 Å². The Kier molecular flexibility index (Phi) is 10.8. The summed E-state index contributed by atoms with van der Waals surface area (Å²) in [7, 11) is 0. The summed E-state index contributed by atoms with van der Waals surface area (Å²) in [4.78, 5) is 5.46. The Labute approximate surface area is 427 Å². The summed E-state index contributed by atoms with van der Waals surface area (Å²) in [5, 5.41) is 0. The molecule has 3 heteroatoms. The number of rotatable bonds is 11. The lowest BCUT2D eigenvalue weighted by atomic mass is 9.42. The van der Waals surface area contributed by atoms with Crippen LogP contribution in [0.15, 0.2) is 121 Å². The molecule has 2 aliphatic heterocycles. The number of hydrogen-bond donors (Lipinski definition) is 0. The summed E-state index contributed by atoms with van der Waals surface area (Å²) in [5.41, 5.74) is 30.7. The van der Waals surface area contributed by atoms with E-state index in [1.165, 1.54) is 163 Å². The monoisotopic (exact) mass is 931 g/mol. The highest BCUT2D eigenvalue weighted by Gasteiger charge is 2.51. The van der Waals surface area contributed by atoms with Crippen molar-refractivity contribution < 1.29 is 0 Å². The molecule has 0 N–H and O–H groups in total. The van der Waals surface area contributed by atoms with Crippen molar-refractivity contribution in [3.8, 4) is 33.4 Å². The van der Waals surface area contributed by atoms with Crippen molar-refractivity contribution in [1.29, 1.82) is 0 Å². The van der Waals surface area contributed by atoms with Gasteiger partial charge < -0.3 is 9.71 Å². The zero-order chi connectivity index (χ0) is 49.4. The van der Waals surface area contributed by atoms with E-state index in [1.807, 2.05) is 0 Å². The smallest absolute Gasteiger partial charge is 0.333 e. The third kappa shape index (κ3) is 6.94. The fourth-order valence-corrected chi connectivity index (χ4v) is 14.1. The maximum atomic E-state index is 2.80. The molecule has 12 rings (SSSR count). The second kappa shape index (κ2) is 16.6. The Morgan fingerprint density at radius 1 is 0.437 bits per heavy atom. The number of fused-ring (bicyclic) bond motifs is 12. The summed E-state index contributed by atoms with van der Waals surface area (Å²) in [6, 6.07) is 49.6. The molecule has 0 aromatic heterocycles. The van der Waals surface area contributed by atoms with Gasteiger partial charge in [0.25, 0.3) is 0 Å². The number of nitrogens with zero attached hydrogens (tertiary/aromatic N) is 2. The van der Waals surface area contributed by atoms with Crippen LogP contribution < -0.4 is 20.6 Å². The molecule has 7 aromatic rings. The van der Waals surface area contributed by atoms with E-state index in [-0.39, 0.29) is 28.5 Å². The summed E-state index contributed by atoms with van der Waals surface area (Å²) >= 11 is 0. The molecule has 0 bridgehead atoms. The third-order valence-electron chi connectivity index (χ3n) is 18.4. The maximum Gasteiger partial charge on any atom is 0.333 e. The van der Waals surface area contributed by atoms with Gasteiger partial charge in [-0.05, 0) is 206 Å². The zero-order valence-corrected chi connectivity index (χ0v) is 44.8. The van der Waals surface area contributed by atoms with Crippen molar-refractivity contribution in [2.45, 2.75) is 168 Å². The molecule has 0 spiro atoms. The lowest BCUT2D eigenvalue weighted by Gasteiger charge is -2.47. The first-order valence-electron chi connectivity index (χ1n) is 27.7. The third-order valence-corrected chi connectivity index (χ3v) is 18.4. The van der Waals surface area contributed by atoms with E-state index in [0.717, 1.165) is 19.3 Å². The summed E-state index contributed by atoms with van der Waals surface area (Å²) in [6.07, 6.45) is 12.9. The van der Waals surface area contributed by atoms with Crippen LogP contribution in [-0.4, -0.2) is 6.85 Å². The lowest BCUT2D eigenvalue weighted by molar-refractivity contribution is 0.331. The largest absolute Gasteiger partial charge is 0.376 e. The van der Waals surface area contributed by atoms with Gasteiger partial charge in [-0.3, -0.25) is 0 Å². The highest BCUT2D eigenvalue weighted by atomic mass is 15.2. The van der Waals surface area contributed by atoms with E-state index in [0.29, 0.717) is 0 Å². The van der Waals surface area contributed by atoms with Crippen molar-refractivity contribution in [3.05, 3.63) is 171 Å². The Morgan fingerprint density at radius 2 is 0.972 bits per heavy atom. The predicted octanol–water partition coefficient (Wildman–Crippen LogP) is 17.4. The molecule has 3 aliphatic carbocycles. The molecule has 5 aliphatic rings. The first-order valence-corrected chi connectivity index (χ1v) is 27.7. The highest BCUT2D eigenvalue weighted by molar-refractivity contribution is 6.93. The molecule has 360 valence electrons. The van der Waals surface area contributed by atoms with Crippen molar-refractivity contribution in [2.24, 2.45) is 0 Å². The van der Waals surface area contributed by atoms with E-state index in [2.05, 4.69) is 207 Å². The normalized spacial score (nSPS) is 17.4. The Balaban J connectivity index is 1.20.